The Kier molecular flexibility index (Phi) is 3.16. The van der Waals surface area contributed by atoms with Crippen LogP contribution in [0.1, 0.15) is 0 Å². The molecule has 0 aromatic carbocycles. The summed E-state index contributed by atoms with van der Waals surface area (Å²) < 4.78 is 3.43. The van der Waals surface area contributed by atoms with E-state index in [1.54, 1.807) is 34.3 Å². The average Bonchev–Trinajstić information content (AvgIpc) is 3.25. The molecule has 0 saturated heterocycles. The molecule has 4 aromatic rings. The monoisotopic (exact) mass is 303 g/mol. The van der Waals surface area contributed by atoms with Crippen LogP contribution in [0.3, 0.4) is 0 Å². The summed E-state index contributed by atoms with van der Waals surface area (Å²) in [5.74, 6) is 0.606. The Balaban J connectivity index is 1.70. The van der Waals surface area contributed by atoms with Crippen molar-refractivity contribution < 1.29 is 0 Å². The second-order valence-corrected chi connectivity index (χ2v) is 5.03. The zero-order valence-corrected chi connectivity index (χ0v) is 12.4. The maximum atomic E-state index is 4.63. The van der Waals surface area contributed by atoms with Gasteiger partial charge in [-0.05, 0) is 24.3 Å². The zero-order valence-electron chi connectivity index (χ0n) is 12.4. The van der Waals surface area contributed by atoms with Gasteiger partial charge in [0.05, 0.1) is 23.8 Å². The fourth-order valence-electron chi connectivity index (χ4n) is 2.26. The molecule has 0 saturated carbocycles. The van der Waals surface area contributed by atoms with Crippen molar-refractivity contribution in [3.05, 3.63) is 61.4 Å². The molecule has 4 aromatic heterocycles. The third-order valence-electron chi connectivity index (χ3n) is 3.37. The van der Waals surface area contributed by atoms with E-state index in [9.17, 15) is 0 Å². The second-order valence-electron chi connectivity index (χ2n) is 5.03. The van der Waals surface area contributed by atoms with Gasteiger partial charge in [-0.1, -0.05) is 6.07 Å². The summed E-state index contributed by atoms with van der Waals surface area (Å²) >= 11 is 0. The lowest BCUT2D eigenvalue weighted by Gasteiger charge is -2.00. The summed E-state index contributed by atoms with van der Waals surface area (Å²) in [6.07, 6.45) is 8.86. The molecule has 0 amide bonds. The molecular weight excluding hydrogens is 290 g/mol. The van der Waals surface area contributed by atoms with E-state index in [0.717, 1.165) is 22.6 Å². The van der Waals surface area contributed by atoms with Gasteiger partial charge in [0.2, 0.25) is 0 Å². The molecule has 4 rings (SSSR count). The summed E-state index contributed by atoms with van der Waals surface area (Å²) in [4.78, 5) is 13.0. The van der Waals surface area contributed by atoms with Crippen LogP contribution in [0.15, 0.2) is 61.4 Å². The fourth-order valence-corrected chi connectivity index (χ4v) is 2.26. The fraction of sp³-hybridized carbons (Fsp3) is 0.0625. The van der Waals surface area contributed by atoms with Crippen LogP contribution >= 0.6 is 0 Å². The van der Waals surface area contributed by atoms with Crippen LogP contribution in [0.2, 0.25) is 0 Å². The van der Waals surface area contributed by atoms with E-state index in [1.807, 2.05) is 43.6 Å². The smallest absolute Gasteiger partial charge is 0.199 e. The summed E-state index contributed by atoms with van der Waals surface area (Å²) in [5, 5.41) is 8.65. The molecule has 7 heteroatoms. The topological polar surface area (TPSA) is 74.3 Å². The first-order valence-corrected chi connectivity index (χ1v) is 7.08. The van der Waals surface area contributed by atoms with Crippen LogP contribution in [0.4, 0.5) is 0 Å². The molecule has 0 N–H and O–H groups in total. The second kappa shape index (κ2) is 5.45. The quantitative estimate of drug-likeness (QED) is 0.579. The number of nitrogens with zero attached hydrogens (tertiary/aromatic N) is 7. The van der Waals surface area contributed by atoms with Crippen molar-refractivity contribution in [2.24, 2.45) is 7.05 Å². The summed E-state index contributed by atoms with van der Waals surface area (Å²) in [7, 11) is 1.83. The highest BCUT2D eigenvalue weighted by atomic mass is 15.3. The number of hydrogen-bond donors (Lipinski definition) is 0. The molecule has 7 nitrogen and oxygen atoms in total. The minimum absolute atomic E-state index is 0.606. The van der Waals surface area contributed by atoms with E-state index in [1.165, 1.54) is 0 Å². The standard InChI is InChI=1S/C16H13N7/c1-22-11-18-16(21-22)15-6-2-5-14(20-15)12-8-19-23(10-12)13-4-3-7-17-9-13/h2-11H,1H3. The molecule has 112 valence electrons. The first-order chi connectivity index (χ1) is 11.3. The van der Waals surface area contributed by atoms with E-state index in [4.69, 9.17) is 0 Å². The molecule has 4 heterocycles. The van der Waals surface area contributed by atoms with E-state index in [-0.39, 0.29) is 0 Å². The Morgan fingerprint density at radius 1 is 1.00 bits per heavy atom. The van der Waals surface area contributed by atoms with Gasteiger partial charge in [0.15, 0.2) is 5.82 Å². The lowest BCUT2D eigenvalue weighted by molar-refractivity contribution is 0.767. The lowest BCUT2D eigenvalue weighted by Crippen LogP contribution is -1.94. The Bertz CT molecular complexity index is 940. The highest BCUT2D eigenvalue weighted by molar-refractivity contribution is 5.62. The number of rotatable bonds is 3. The first-order valence-electron chi connectivity index (χ1n) is 7.08. The SMILES string of the molecule is Cn1cnc(-c2cccc(-c3cnn(-c4cccnc4)c3)n2)n1. The largest absolute Gasteiger partial charge is 0.262 e. The molecule has 23 heavy (non-hydrogen) atoms. The number of pyridine rings is 2. The van der Waals surface area contributed by atoms with Crippen molar-refractivity contribution in [2.75, 3.05) is 0 Å². The van der Waals surface area contributed by atoms with E-state index >= 15 is 0 Å². The number of aryl methyl sites for hydroxylation is 1. The van der Waals surface area contributed by atoms with Crippen molar-refractivity contribution in [1.82, 2.24) is 34.5 Å². The van der Waals surface area contributed by atoms with Gasteiger partial charge in [-0.3, -0.25) is 9.67 Å². The molecule has 0 radical (unpaired) electrons. The summed E-state index contributed by atoms with van der Waals surface area (Å²) in [5.41, 5.74) is 3.38. The number of aromatic nitrogens is 7. The summed E-state index contributed by atoms with van der Waals surface area (Å²) in [6.45, 7) is 0. The molecule has 0 aliphatic rings. The molecule has 0 aliphatic heterocycles. The van der Waals surface area contributed by atoms with Gasteiger partial charge < -0.3 is 0 Å². The van der Waals surface area contributed by atoms with Crippen LogP contribution in [-0.4, -0.2) is 34.5 Å². The Morgan fingerprint density at radius 3 is 2.70 bits per heavy atom. The molecule has 0 aliphatic carbocycles. The van der Waals surface area contributed by atoms with Gasteiger partial charge >= 0.3 is 0 Å². The molecule has 0 atom stereocenters. The Labute approximate surface area is 132 Å². The van der Waals surface area contributed by atoms with Crippen LogP contribution in [0, 0.1) is 0 Å². The van der Waals surface area contributed by atoms with Gasteiger partial charge in [0.1, 0.15) is 12.0 Å². The predicted molar refractivity (Wildman–Crippen MR) is 84.6 cm³/mol. The van der Waals surface area contributed by atoms with Crippen molar-refractivity contribution in [1.29, 1.82) is 0 Å². The molecule has 0 fully saturated rings. The summed E-state index contributed by atoms with van der Waals surface area (Å²) in [6, 6.07) is 9.60. The minimum Gasteiger partial charge on any atom is -0.262 e. The van der Waals surface area contributed by atoms with Gasteiger partial charge in [0.25, 0.3) is 0 Å². The number of hydrogen-bond acceptors (Lipinski definition) is 5. The van der Waals surface area contributed by atoms with Crippen LogP contribution in [0.5, 0.6) is 0 Å². The highest BCUT2D eigenvalue weighted by Gasteiger charge is 2.09. The average molecular weight is 303 g/mol. The lowest BCUT2D eigenvalue weighted by atomic mass is 10.2. The highest BCUT2D eigenvalue weighted by Crippen LogP contribution is 2.21. The molecule has 0 unspecified atom stereocenters. The minimum atomic E-state index is 0.606. The maximum Gasteiger partial charge on any atom is 0.199 e. The van der Waals surface area contributed by atoms with Gasteiger partial charge in [-0.2, -0.15) is 5.10 Å². The van der Waals surface area contributed by atoms with Crippen LogP contribution in [0.25, 0.3) is 28.5 Å². The van der Waals surface area contributed by atoms with Crippen molar-refractivity contribution in [3.8, 4) is 28.5 Å². The predicted octanol–water partition coefficient (Wildman–Crippen LogP) is 2.12. The normalized spacial score (nSPS) is 10.8. The maximum absolute atomic E-state index is 4.63. The third kappa shape index (κ3) is 2.59. The van der Waals surface area contributed by atoms with E-state index in [0.29, 0.717) is 5.82 Å². The van der Waals surface area contributed by atoms with E-state index in [2.05, 4.69) is 25.1 Å². The molecule has 0 spiro atoms. The van der Waals surface area contributed by atoms with E-state index < -0.39 is 0 Å². The van der Waals surface area contributed by atoms with Gasteiger partial charge in [0, 0.05) is 25.0 Å². The van der Waals surface area contributed by atoms with Gasteiger partial charge in [-0.25, -0.2) is 14.6 Å². The Morgan fingerprint density at radius 2 is 1.91 bits per heavy atom. The van der Waals surface area contributed by atoms with Crippen LogP contribution < -0.4 is 0 Å². The van der Waals surface area contributed by atoms with Crippen LogP contribution in [-0.2, 0) is 7.05 Å². The molecule has 0 bridgehead atoms. The molecular formula is C16H13N7. The van der Waals surface area contributed by atoms with Gasteiger partial charge in [-0.15, -0.1) is 5.10 Å². The third-order valence-corrected chi connectivity index (χ3v) is 3.37. The zero-order chi connectivity index (χ0) is 15.6. The van der Waals surface area contributed by atoms with Crippen molar-refractivity contribution in [2.45, 2.75) is 0 Å². The van der Waals surface area contributed by atoms with Crippen molar-refractivity contribution in [3.63, 3.8) is 0 Å². The van der Waals surface area contributed by atoms with Crippen molar-refractivity contribution >= 4 is 0 Å². The Hall–Kier alpha value is -3.35. The first kappa shape index (κ1) is 13.3.